The van der Waals surface area contributed by atoms with E-state index in [4.69, 9.17) is 0 Å². The number of rotatable bonds is 5. The molecule has 13 heteroatoms. The highest BCUT2D eigenvalue weighted by molar-refractivity contribution is 7.89. The molecule has 4 aromatic rings. The van der Waals surface area contributed by atoms with Crippen LogP contribution in [0.5, 0.6) is 0 Å². The Balaban J connectivity index is 1.88. The van der Waals surface area contributed by atoms with E-state index in [1.54, 1.807) is 33.9 Å². The van der Waals surface area contributed by atoms with E-state index in [1.807, 2.05) is 6.07 Å². The van der Waals surface area contributed by atoms with Gasteiger partial charge in [-0.2, -0.15) is 23.2 Å². The second-order valence-electron chi connectivity index (χ2n) is 7.37. The van der Waals surface area contributed by atoms with Crippen LogP contribution in [0.25, 0.3) is 27.4 Å². The van der Waals surface area contributed by atoms with Gasteiger partial charge in [-0.05, 0) is 43.7 Å². The minimum atomic E-state index is -4.76. The number of benzene rings is 1. The lowest BCUT2D eigenvalue weighted by Crippen LogP contribution is -2.42. The first kappa shape index (κ1) is 23.8. The van der Waals surface area contributed by atoms with Crippen LogP contribution in [-0.4, -0.2) is 35.2 Å². The van der Waals surface area contributed by atoms with E-state index in [9.17, 15) is 31.2 Å². The SMILES string of the molecule is Cc1cc2c(cc1F)c(C#N)c(-c1ccc(S(=O)(=O)NC(C)C(F)(F)F)cn1)n2-c1nccs1. The van der Waals surface area contributed by atoms with Gasteiger partial charge in [-0.1, -0.05) is 0 Å². The summed E-state index contributed by atoms with van der Waals surface area (Å²) >= 11 is 1.26. The fourth-order valence-corrected chi connectivity index (χ4v) is 5.17. The van der Waals surface area contributed by atoms with Gasteiger partial charge >= 0.3 is 6.18 Å². The molecule has 0 fully saturated rings. The lowest BCUT2D eigenvalue weighted by molar-refractivity contribution is -0.147. The number of halogens is 4. The van der Waals surface area contributed by atoms with E-state index in [2.05, 4.69) is 9.97 Å². The number of aromatic nitrogens is 3. The third-order valence-electron chi connectivity index (χ3n) is 5.08. The monoisotopic (exact) mass is 509 g/mol. The molecule has 0 saturated heterocycles. The van der Waals surface area contributed by atoms with Crippen LogP contribution in [-0.2, 0) is 10.0 Å². The Morgan fingerprint density at radius 3 is 2.53 bits per heavy atom. The number of fused-ring (bicyclic) bond motifs is 1. The van der Waals surface area contributed by atoms with Crippen LogP contribution in [0.3, 0.4) is 0 Å². The van der Waals surface area contributed by atoms with Crippen molar-refractivity contribution >= 4 is 32.3 Å². The van der Waals surface area contributed by atoms with Crippen LogP contribution < -0.4 is 4.72 Å². The fourth-order valence-electron chi connectivity index (χ4n) is 3.34. The van der Waals surface area contributed by atoms with Crippen molar-refractivity contribution < 1.29 is 26.0 Å². The molecule has 1 unspecified atom stereocenters. The molecule has 3 aromatic heterocycles. The van der Waals surface area contributed by atoms with Crippen LogP contribution in [0.1, 0.15) is 18.1 Å². The van der Waals surface area contributed by atoms with Crippen molar-refractivity contribution in [1.82, 2.24) is 19.3 Å². The summed E-state index contributed by atoms with van der Waals surface area (Å²) in [5, 5.41) is 12.4. The lowest BCUT2D eigenvalue weighted by Gasteiger charge is -2.17. The predicted molar refractivity (Wildman–Crippen MR) is 117 cm³/mol. The molecule has 0 saturated carbocycles. The molecular formula is C21H15F4N5O2S2. The number of aryl methyl sites for hydroxylation is 1. The molecule has 0 amide bonds. The van der Waals surface area contributed by atoms with Gasteiger partial charge in [0, 0.05) is 23.2 Å². The van der Waals surface area contributed by atoms with Crippen molar-refractivity contribution in [2.24, 2.45) is 0 Å². The number of alkyl halides is 3. The quantitative estimate of drug-likeness (QED) is 0.393. The number of nitrogens with one attached hydrogen (secondary N) is 1. The third-order valence-corrected chi connectivity index (χ3v) is 7.36. The molecule has 0 aliphatic carbocycles. The lowest BCUT2D eigenvalue weighted by atomic mass is 10.1. The average molecular weight is 510 g/mol. The smallest absolute Gasteiger partial charge is 0.282 e. The zero-order valence-corrected chi connectivity index (χ0v) is 19.2. The van der Waals surface area contributed by atoms with Crippen molar-refractivity contribution in [3.05, 3.63) is 59.0 Å². The molecule has 3 heterocycles. The first-order chi connectivity index (χ1) is 15.9. The number of hydrogen-bond donors (Lipinski definition) is 1. The molecule has 0 aliphatic rings. The minimum absolute atomic E-state index is 0.0935. The highest BCUT2D eigenvalue weighted by Crippen LogP contribution is 2.37. The van der Waals surface area contributed by atoms with Crippen LogP contribution in [0.2, 0.25) is 0 Å². The van der Waals surface area contributed by atoms with E-state index in [0.29, 0.717) is 28.5 Å². The van der Waals surface area contributed by atoms with Gasteiger partial charge in [0.15, 0.2) is 5.13 Å². The molecule has 0 spiro atoms. The summed E-state index contributed by atoms with van der Waals surface area (Å²) in [5.41, 5.74) is 1.34. The summed E-state index contributed by atoms with van der Waals surface area (Å²) in [6.45, 7) is 2.26. The maximum Gasteiger partial charge on any atom is 0.404 e. The van der Waals surface area contributed by atoms with Gasteiger partial charge in [0.1, 0.15) is 22.8 Å². The standard InChI is InChI=1S/C21H15F4N5O2S2/c1-11-7-18-14(8-16(11)22)15(9-26)19(30(18)20-27-5-6-33-20)17-4-3-13(10-28-17)34(31,32)29-12(2)21(23,24)25/h3-8,10,12,29H,1-2H3. The summed E-state index contributed by atoms with van der Waals surface area (Å²) in [5.74, 6) is -0.508. The molecule has 0 radical (unpaired) electrons. The Morgan fingerprint density at radius 2 is 1.97 bits per heavy atom. The number of thiazole rings is 1. The highest BCUT2D eigenvalue weighted by atomic mass is 32.2. The molecule has 7 nitrogen and oxygen atoms in total. The van der Waals surface area contributed by atoms with Crippen LogP contribution in [0.4, 0.5) is 17.6 Å². The largest absolute Gasteiger partial charge is 0.404 e. The minimum Gasteiger partial charge on any atom is -0.282 e. The third kappa shape index (κ3) is 4.15. The summed E-state index contributed by atoms with van der Waals surface area (Å²) < 4.78 is 80.6. The summed E-state index contributed by atoms with van der Waals surface area (Å²) in [6.07, 6.45) is -2.31. The summed E-state index contributed by atoms with van der Waals surface area (Å²) in [6, 6.07) is 4.91. The maximum atomic E-state index is 14.3. The molecule has 176 valence electrons. The van der Waals surface area contributed by atoms with Gasteiger partial charge < -0.3 is 0 Å². The van der Waals surface area contributed by atoms with Gasteiger partial charge in [0.2, 0.25) is 10.0 Å². The number of nitriles is 1. The van der Waals surface area contributed by atoms with Crippen molar-refractivity contribution in [3.8, 4) is 22.6 Å². The number of hydrogen-bond acceptors (Lipinski definition) is 6. The number of sulfonamides is 1. The van der Waals surface area contributed by atoms with Crippen molar-refractivity contribution in [2.75, 3.05) is 0 Å². The van der Waals surface area contributed by atoms with Crippen LogP contribution in [0.15, 0.2) is 46.9 Å². The highest BCUT2D eigenvalue weighted by Gasteiger charge is 2.39. The summed E-state index contributed by atoms with van der Waals surface area (Å²) in [7, 11) is -4.51. The molecule has 1 aromatic carbocycles. The van der Waals surface area contributed by atoms with Crippen LogP contribution >= 0.6 is 11.3 Å². The van der Waals surface area contributed by atoms with Gasteiger partial charge in [-0.15, -0.1) is 11.3 Å². The van der Waals surface area contributed by atoms with E-state index < -0.39 is 33.0 Å². The van der Waals surface area contributed by atoms with E-state index >= 15 is 0 Å². The first-order valence-electron chi connectivity index (χ1n) is 9.64. The van der Waals surface area contributed by atoms with Gasteiger partial charge in [0.05, 0.1) is 22.5 Å². The normalized spacial score (nSPS) is 13.2. The zero-order chi connectivity index (χ0) is 24.8. The Bertz CT molecular complexity index is 1520. The Labute approximate surface area is 195 Å². The number of nitrogens with zero attached hydrogens (tertiary/aromatic N) is 4. The van der Waals surface area contributed by atoms with Crippen LogP contribution in [0, 0.1) is 24.1 Å². The van der Waals surface area contributed by atoms with Gasteiger partial charge in [-0.3, -0.25) is 9.55 Å². The second-order valence-corrected chi connectivity index (χ2v) is 9.95. The molecule has 0 aliphatic heterocycles. The van der Waals surface area contributed by atoms with Gasteiger partial charge in [0.25, 0.3) is 0 Å². The molecule has 1 N–H and O–H groups in total. The maximum absolute atomic E-state index is 14.3. The number of pyridine rings is 1. The van der Waals surface area contributed by atoms with E-state index in [0.717, 1.165) is 12.3 Å². The first-order valence-corrected chi connectivity index (χ1v) is 12.0. The van der Waals surface area contributed by atoms with Crippen molar-refractivity contribution in [1.29, 1.82) is 5.26 Å². The molecule has 34 heavy (non-hydrogen) atoms. The second kappa shape index (κ2) is 8.46. The molecule has 1 atom stereocenters. The predicted octanol–water partition coefficient (Wildman–Crippen LogP) is 4.70. The Kier molecular flexibility index (Phi) is 5.92. The summed E-state index contributed by atoms with van der Waals surface area (Å²) in [4.78, 5) is 7.91. The van der Waals surface area contributed by atoms with Gasteiger partial charge in [-0.25, -0.2) is 17.8 Å². The molecule has 0 bridgehead atoms. The molecule has 4 rings (SSSR count). The van der Waals surface area contributed by atoms with E-state index in [1.165, 1.54) is 23.5 Å². The zero-order valence-electron chi connectivity index (χ0n) is 17.6. The molecular weight excluding hydrogens is 494 g/mol. The Hall–Kier alpha value is -3.34. The van der Waals surface area contributed by atoms with Crippen molar-refractivity contribution in [2.45, 2.75) is 31.0 Å². The Morgan fingerprint density at radius 1 is 1.24 bits per heavy atom. The fraction of sp³-hybridized carbons (Fsp3) is 0.190. The van der Waals surface area contributed by atoms with Crippen molar-refractivity contribution in [3.63, 3.8) is 0 Å². The average Bonchev–Trinajstić information content (AvgIpc) is 3.39. The van der Waals surface area contributed by atoms with E-state index in [-0.39, 0.29) is 17.0 Å². The topological polar surface area (TPSA) is 101 Å².